The third kappa shape index (κ3) is 2.95. The van der Waals surface area contributed by atoms with Gasteiger partial charge in [0.05, 0.1) is 0 Å². The first kappa shape index (κ1) is 15.0. The van der Waals surface area contributed by atoms with Crippen LogP contribution in [0.2, 0.25) is 0 Å². The zero-order chi connectivity index (χ0) is 17.2. The molecule has 2 heterocycles. The molecule has 3 N–H and O–H groups in total. The van der Waals surface area contributed by atoms with E-state index in [9.17, 15) is 9.59 Å². The van der Waals surface area contributed by atoms with Gasteiger partial charge in [-0.25, -0.2) is 0 Å². The quantitative estimate of drug-likeness (QED) is 0.516. The molecule has 0 unspecified atom stereocenters. The second kappa shape index (κ2) is 6.13. The van der Waals surface area contributed by atoms with E-state index in [4.69, 9.17) is 0 Å². The van der Waals surface area contributed by atoms with Gasteiger partial charge in [-0.2, -0.15) is 0 Å². The standard InChI is InChI=1S/C20H15N3O2/c24-19-17(10-13-6-2-1-3-7-13)22-20(25)18(23-19)11-14-12-21-16-9-5-4-8-15(14)16/h1-12,21H,(H,22,25)(H,23,24). The lowest BCUT2D eigenvalue weighted by molar-refractivity contribution is 1.00. The fourth-order valence-corrected chi connectivity index (χ4v) is 2.78. The Morgan fingerprint density at radius 3 is 2.12 bits per heavy atom. The highest BCUT2D eigenvalue weighted by atomic mass is 16.1. The van der Waals surface area contributed by atoms with E-state index in [1.54, 1.807) is 12.2 Å². The minimum atomic E-state index is -0.341. The average Bonchev–Trinajstić information content (AvgIpc) is 3.03. The molecule has 4 aromatic rings. The Hall–Kier alpha value is -3.60. The third-order valence-corrected chi connectivity index (χ3v) is 4.02. The monoisotopic (exact) mass is 329 g/mol. The second-order valence-corrected chi connectivity index (χ2v) is 5.72. The first-order chi connectivity index (χ1) is 12.2. The molecular weight excluding hydrogens is 314 g/mol. The van der Waals surface area contributed by atoms with Crippen LogP contribution in [-0.2, 0) is 0 Å². The lowest BCUT2D eigenvalue weighted by Gasteiger charge is -1.94. The molecule has 0 bridgehead atoms. The molecule has 2 aromatic heterocycles. The van der Waals surface area contributed by atoms with Crippen molar-refractivity contribution in [3.63, 3.8) is 0 Å². The normalized spacial score (nSPS) is 12.8. The van der Waals surface area contributed by atoms with Crippen molar-refractivity contribution in [1.82, 2.24) is 15.0 Å². The summed E-state index contributed by atoms with van der Waals surface area (Å²) >= 11 is 0. The van der Waals surface area contributed by atoms with Crippen molar-refractivity contribution in [2.24, 2.45) is 0 Å². The lowest BCUT2D eigenvalue weighted by Crippen LogP contribution is -2.46. The summed E-state index contributed by atoms with van der Waals surface area (Å²) in [5.74, 6) is 0. The molecule has 0 amide bonds. The third-order valence-electron chi connectivity index (χ3n) is 4.02. The van der Waals surface area contributed by atoms with Crippen LogP contribution < -0.4 is 21.8 Å². The maximum Gasteiger partial charge on any atom is 0.272 e. The number of benzene rings is 2. The van der Waals surface area contributed by atoms with Gasteiger partial charge in [0.15, 0.2) is 0 Å². The number of para-hydroxylation sites is 1. The maximum absolute atomic E-state index is 12.4. The van der Waals surface area contributed by atoms with Gasteiger partial charge in [-0.3, -0.25) is 9.59 Å². The Morgan fingerprint density at radius 1 is 0.720 bits per heavy atom. The van der Waals surface area contributed by atoms with Crippen molar-refractivity contribution >= 4 is 23.1 Å². The van der Waals surface area contributed by atoms with E-state index in [0.29, 0.717) is 0 Å². The van der Waals surface area contributed by atoms with E-state index in [2.05, 4.69) is 15.0 Å². The predicted octanol–water partition coefficient (Wildman–Crippen LogP) is 1.20. The number of aromatic nitrogens is 3. The van der Waals surface area contributed by atoms with Crippen molar-refractivity contribution in [3.8, 4) is 0 Å². The number of aromatic amines is 3. The predicted molar refractivity (Wildman–Crippen MR) is 98.8 cm³/mol. The number of H-pyrrole nitrogens is 3. The molecule has 0 aliphatic carbocycles. The Kier molecular flexibility index (Phi) is 3.67. The summed E-state index contributed by atoms with van der Waals surface area (Å²) in [5, 5.41) is 1.44. The number of fused-ring (bicyclic) bond motifs is 1. The average molecular weight is 329 g/mol. The van der Waals surface area contributed by atoms with Crippen molar-refractivity contribution in [3.05, 3.63) is 103 Å². The van der Waals surface area contributed by atoms with Crippen LogP contribution in [0.25, 0.3) is 23.1 Å². The lowest BCUT2D eigenvalue weighted by atomic mass is 10.1. The summed E-state index contributed by atoms with van der Waals surface area (Å²) < 4.78 is 0. The highest BCUT2D eigenvalue weighted by Crippen LogP contribution is 2.17. The van der Waals surface area contributed by atoms with Crippen LogP contribution in [0, 0.1) is 0 Å². The van der Waals surface area contributed by atoms with Gasteiger partial charge >= 0.3 is 0 Å². The van der Waals surface area contributed by atoms with E-state index in [0.717, 1.165) is 22.0 Å². The van der Waals surface area contributed by atoms with Gasteiger partial charge in [-0.1, -0.05) is 48.5 Å². The molecular formula is C20H15N3O2. The number of nitrogens with one attached hydrogen (secondary N) is 3. The molecule has 0 aliphatic heterocycles. The summed E-state index contributed by atoms with van der Waals surface area (Å²) in [7, 11) is 0. The highest BCUT2D eigenvalue weighted by molar-refractivity contribution is 5.88. The minimum Gasteiger partial charge on any atom is -0.361 e. The summed E-state index contributed by atoms with van der Waals surface area (Å²) in [6.07, 6.45) is 5.13. The van der Waals surface area contributed by atoms with Crippen molar-refractivity contribution < 1.29 is 0 Å². The van der Waals surface area contributed by atoms with E-state index in [1.807, 2.05) is 60.8 Å². The van der Waals surface area contributed by atoms with Gasteiger partial charge < -0.3 is 15.0 Å². The summed E-state index contributed by atoms with van der Waals surface area (Å²) in [5.41, 5.74) is 1.98. The topological polar surface area (TPSA) is 81.5 Å². The van der Waals surface area contributed by atoms with Crippen LogP contribution in [0.5, 0.6) is 0 Å². The molecule has 122 valence electrons. The summed E-state index contributed by atoms with van der Waals surface area (Å²) in [6, 6.07) is 17.1. The van der Waals surface area contributed by atoms with Crippen LogP contribution in [-0.4, -0.2) is 15.0 Å². The van der Waals surface area contributed by atoms with Crippen molar-refractivity contribution in [2.75, 3.05) is 0 Å². The minimum absolute atomic E-state index is 0.222. The van der Waals surface area contributed by atoms with Crippen LogP contribution in [0.4, 0.5) is 0 Å². The number of hydrogen-bond donors (Lipinski definition) is 3. The zero-order valence-electron chi connectivity index (χ0n) is 13.2. The fraction of sp³-hybridized carbons (Fsp3) is 0. The molecule has 5 nitrogen and oxygen atoms in total. The largest absolute Gasteiger partial charge is 0.361 e. The van der Waals surface area contributed by atoms with Gasteiger partial charge in [0.25, 0.3) is 11.1 Å². The molecule has 5 heteroatoms. The van der Waals surface area contributed by atoms with Crippen LogP contribution in [0.15, 0.2) is 70.4 Å². The van der Waals surface area contributed by atoms with Gasteiger partial charge in [-0.05, 0) is 23.8 Å². The number of hydrogen-bond acceptors (Lipinski definition) is 2. The Bertz CT molecular complexity index is 1280. The van der Waals surface area contributed by atoms with E-state index in [-0.39, 0.29) is 21.8 Å². The molecule has 0 saturated carbocycles. The Labute approximate surface area is 142 Å². The van der Waals surface area contributed by atoms with Crippen LogP contribution >= 0.6 is 0 Å². The van der Waals surface area contributed by atoms with Gasteiger partial charge in [0.1, 0.15) is 10.7 Å². The summed E-state index contributed by atoms with van der Waals surface area (Å²) in [6.45, 7) is 0. The Morgan fingerprint density at radius 2 is 1.36 bits per heavy atom. The van der Waals surface area contributed by atoms with E-state index < -0.39 is 0 Å². The smallest absolute Gasteiger partial charge is 0.272 e. The van der Waals surface area contributed by atoms with Crippen LogP contribution in [0.3, 0.4) is 0 Å². The van der Waals surface area contributed by atoms with E-state index >= 15 is 0 Å². The van der Waals surface area contributed by atoms with Gasteiger partial charge in [-0.15, -0.1) is 0 Å². The molecule has 2 aromatic carbocycles. The van der Waals surface area contributed by atoms with Crippen molar-refractivity contribution in [1.29, 1.82) is 0 Å². The zero-order valence-corrected chi connectivity index (χ0v) is 13.2. The van der Waals surface area contributed by atoms with Crippen molar-refractivity contribution in [2.45, 2.75) is 0 Å². The SMILES string of the molecule is O=c1[nH]c(=Cc2c[nH]c3ccccc23)c(=O)[nH]c1=Cc1ccccc1. The fourth-order valence-electron chi connectivity index (χ4n) is 2.78. The molecule has 0 saturated heterocycles. The first-order valence-corrected chi connectivity index (χ1v) is 7.88. The molecule has 0 spiro atoms. The highest BCUT2D eigenvalue weighted by Gasteiger charge is 2.01. The molecule has 0 atom stereocenters. The second-order valence-electron chi connectivity index (χ2n) is 5.72. The molecule has 4 rings (SSSR count). The Balaban J connectivity index is 1.88. The maximum atomic E-state index is 12.4. The van der Waals surface area contributed by atoms with Gasteiger partial charge in [0, 0.05) is 22.7 Å². The van der Waals surface area contributed by atoms with Crippen LogP contribution in [0.1, 0.15) is 11.1 Å². The molecule has 0 fully saturated rings. The first-order valence-electron chi connectivity index (χ1n) is 7.88. The number of rotatable bonds is 2. The molecule has 25 heavy (non-hydrogen) atoms. The summed E-state index contributed by atoms with van der Waals surface area (Å²) in [4.78, 5) is 33.1. The van der Waals surface area contributed by atoms with E-state index in [1.165, 1.54) is 0 Å². The van der Waals surface area contributed by atoms with Gasteiger partial charge in [0.2, 0.25) is 0 Å². The molecule has 0 radical (unpaired) electrons. The molecule has 0 aliphatic rings.